The monoisotopic (exact) mass is 422 g/mol. The van der Waals surface area contributed by atoms with Crippen LogP contribution >= 0.6 is 0 Å². The Morgan fingerprint density at radius 2 is 1.94 bits per heavy atom. The highest BCUT2D eigenvalue weighted by molar-refractivity contribution is 5.88. The number of aliphatic hydroxyl groups is 1. The number of hydrogen-bond acceptors (Lipinski definition) is 5. The highest BCUT2D eigenvalue weighted by Crippen LogP contribution is 2.27. The van der Waals surface area contributed by atoms with Crippen LogP contribution in [0.25, 0.3) is 21.9 Å². The molecule has 7 nitrogen and oxygen atoms in total. The lowest BCUT2D eigenvalue weighted by atomic mass is 10.0. The van der Waals surface area contributed by atoms with Crippen molar-refractivity contribution in [2.24, 2.45) is 7.05 Å². The number of rotatable bonds is 6. The molecule has 1 aromatic heterocycles. The maximum absolute atomic E-state index is 11.6. The maximum atomic E-state index is 11.6. The van der Waals surface area contributed by atoms with Gasteiger partial charge < -0.3 is 14.7 Å². The van der Waals surface area contributed by atoms with Gasteiger partial charge in [-0.15, -0.1) is 0 Å². The Kier molecular flexibility index (Phi) is 6.53. The molecule has 31 heavy (non-hydrogen) atoms. The van der Waals surface area contributed by atoms with Gasteiger partial charge in [0.15, 0.2) is 0 Å². The van der Waals surface area contributed by atoms with Crippen LogP contribution in [0.4, 0.5) is 0 Å². The number of aromatic nitrogens is 2. The van der Waals surface area contributed by atoms with E-state index in [9.17, 15) is 9.90 Å². The fourth-order valence-corrected chi connectivity index (χ4v) is 4.08. The lowest BCUT2D eigenvalue weighted by Crippen LogP contribution is -2.38. The zero-order valence-electron chi connectivity index (χ0n) is 18.2. The molecule has 1 atom stereocenters. The molecule has 7 heteroatoms. The molecule has 0 spiro atoms. The molecule has 1 amide bonds. The molecule has 1 aliphatic heterocycles. The molecule has 2 aromatic carbocycles. The van der Waals surface area contributed by atoms with Crippen LogP contribution in [0.5, 0.6) is 5.75 Å². The summed E-state index contributed by atoms with van der Waals surface area (Å²) in [7, 11) is 1.91. The normalized spacial score (nSPS) is 16.3. The SMILES string of the molecule is CC(=O)N1CCCN(CC(O)COc2ccc3ccc(-c4cnn(C)c4)cc3c2)CC1. The lowest BCUT2D eigenvalue weighted by Gasteiger charge is -2.23. The fourth-order valence-electron chi connectivity index (χ4n) is 4.08. The number of ether oxygens (including phenoxy) is 1. The van der Waals surface area contributed by atoms with E-state index in [1.54, 1.807) is 11.6 Å². The predicted octanol–water partition coefficient (Wildman–Crippen LogP) is 2.53. The van der Waals surface area contributed by atoms with Crippen LogP contribution in [0.1, 0.15) is 13.3 Å². The first kappa shape index (κ1) is 21.3. The maximum Gasteiger partial charge on any atom is 0.219 e. The van der Waals surface area contributed by atoms with Gasteiger partial charge in [-0.05, 0) is 47.5 Å². The van der Waals surface area contributed by atoms with Crippen LogP contribution in [0, 0.1) is 0 Å². The highest BCUT2D eigenvalue weighted by atomic mass is 16.5. The Labute approximate surface area is 182 Å². The number of hydrogen-bond donors (Lipinski definition) is 1. The average Bonchev–Trinajstić information content (AvgIpc) is 3.05. The molecule has 0 bridgehead atoms. The molecule has 1 N–H and O–H groups in total. The second kappa shape index (κ2) is 9.49. The van der Waals surface area contributed by atoms with E-state index in [1.807, 2.05) is 42.5 Å². The summed E-state index contributed by atoms with van der Waals surface area (Å²) in [4.78, 5) is 15.6. The van der Waals surface area contributed by atoms with Gasteiger partial charge in [0.1, 0.15) is 18.5 Å². The summed E-state index contributed by atoms with van der Waals surface area (Å²) in [6.07, 6.45) is 4.20. The first-order valence-electron chi connectivity index (χ1n) is 10.8. The van der Waals surface area contributed by atoms with Crippen molar-refractivity contribution in [3.63, 3.8) is 0 Å². The summed E-state index contributed by atoms with van der Waals surface area (Å²) in [5, 5.41) is 17.0. The molecule has 1 unspecified atom stereocenters. The third kappa shape index (κ3) is 5.42. The van der Waals surface area contributed by atoms with Gasteiger partial charge in [-0.1, -0.05) is 18.2 Å². The van der Waals surface area contributed by atoms with Crippen molar-refractivity contribution in [1.82, 2.24) is 19.6 Å². The molecular formula is C24H30N4O3. The third-order valence-electron chi connectivity index (χ3n) is 5.80. The van der Waals surface area contributed by atoms with E-state index in [0.29, 0.717) is 13.1 Å². The summed E-state index contributed by atoms with van der Waals surface area (Å²) >= 11 is 0. The van der Waals surface area contributed by atoms with Crippen molar-refractivity contribution >= 4 is 16.7 Å². The number of benzene rings is 2. The molecule has 0 saturated carbocycles. The minimum Gasteiger partial charge on any atom is -0.491 e. The van der Waals surface area contributed by atoms with E-state index in [1.165, 1.54) is 0 Å². The van der Waals surface area contributed by atoms with Gasteiger partial charge in [0.2, 0.25) is 5.91 Å². The van der Waals surface area contributed by atoms with Crippen molar-refractivity contribution in [2.75, 3.05) is 39.3 Å². The zero-order valence-corrected chi connectivity index (χ0v) is 18.2. The highest BCUT2D eigenvalue weighted by Gasteiger charge is 2.19. The Morgan fingerprint density at radius 3 is 2.71 bits per heavy atom. The van der Waals surface area contributed by atoms with Crippen LogP contribution in [0.15, 0.2) is 48.8 Å². The summed E-state index contributed by atoms with van der Waals surface area (Å²) in [6, 6.07) is 12.3. The van der Waals surface area contributed by atoms with E-state index < -0.39 is 6.10 Å². The Balaban J connectivity index is 1.35. The van der Waals surface area contributed by atoms with Gasteiger partial charge in [0.25, 0.3) is 0 Å². The number of fused-ring (bicyclic) bond motifs is 1. The molecule has 0 aliphatic carbocycles. The molecule has 164 valence electrons. The van der Waals surface area contributed by atoms with Crippen molar-refractivity contribution in [2.45, 2.75) is 19.4 Å². The molecule has 1 fully saturated rings. The molecule has 3 aromatic rings. The second-order valence-electron chi connectivity index (χ2n) is 8.25. The van der Waals surface area contributed by atoms with Gasteiger partial charge in [0, 0.05) is 51.9 Å². The van der Waals surface area contributed by atoms with E-state index in [0.717, 1.165) is 53.7 Å². The number of carbonyl (C=O) groups is 1. The number of amides is 1. The zero-order chi connectivity index (χ0) is 21.8. The van der Waals surface area contributed by atoms with Crippen molar-refractivity contribution < 1.29 is 14.6 Å². The quantitative estimate of drug-likeness (QED) is 0.661. The topological polar surface area (TPSA) is 70.8 Å². The van der Waals surface area contributed by atoms with Crippen LogP contribution in [-0.2, 0) is 11.8 Å². The average molecular weight is 423 g/mol. The number of β-amino-alcohol motifs (C(OH)–C–C–N with tert-alkyl or cyclic N) is 1. The lowest BCUT2D eigenvalue weighted by molar-refractivity contribution is -0.128. The fraction of sp³-hybridized carbons (Fsp3) is 0.417. The molecular weight excluding hydrogens is 392 g/mol. The largest absolute Gasteiger partial charge is 0.491 e. The van der Waals surface area contributed by atoms with Crippen LogP contribution in [0.2, 0.25) is 0 Å². The summed E-state index contributed by atoms with van der Waals surface area (Å²) in [5.74, 6) is 0.863. The minimum atomic E-state index is -0.582. The molecule has 4 rings (SSSR count). The Bertz CT molecular complexity index is 1050. The van der Waals surface area contributed by atoms with Gasteiger partial charge >= 0.3 is 0 Å². The summed E-state index contributed by atoms with van der Waals surface area (Å²) in [6.45, 7) is 5.56. The number of carbonyl (C=O) groups excluding carboxylic acids is 1. The number of aliphatic hydroxyl groups excluding tert-OH is 1. The Hall–Kier alpha value is -2.90. The van der Waals surface area contributed by atoms with E-state index in [4.69, 9.17) is 4.74 Å². The minimum absolute atomic E-state index is 0.119. The van der Waals surface area contributed by atoms with Crippen molar-refractivity contribution in [1.29, 1.82) is 0 Å². The van der Waals surface area contributed by atoms with Gasteiger partial charge in [-0.25, -0.2) is 0 Å². The van der Waals surface area contributed by atoms with E-state index in [2.05, 4.69) is 28.2 Å². The number of aryl methyl sites for hydroxylation is 1. The summed E-state index contributed by atoms with van der Waals surface area (Å²) < 4.78 is 7.69. The van der Waals surface area contributed by atoms with Crippen molar-refractivity contribution in [3.8, 4) is 16.9 Å². The first-order valence-corrected chi connectivity index (χ1v) is 10.8. The Morgan fingerprint density at radius 1 is 1.10 bits per heavy atom. The smallest absolute Gasteiger partial charge is 0.219 e. The molecule has 0 radical (unpaired) electrons. The van der Waals surface area contributed by atoms with E-state index in [-0.39, 0.29) is 12.5 Å². The molecule has 2 heterocycles. The van der Waals surface area contributed by atoms with Gasteiger partial charge in [-0.3, -0.25) is 14.4 Å². The van der Waals surface area contributed by atoms with Crippen molar-refractivity contribution in [3.05, 3.63) is 48.8 Å². The van der Waals surface area contributed by atoms with Crippen LogP contribution in [-0.4, -0.2) is 76.0 Å². The van der Waals surface area contributed by atoms with Gasteiger partial charge in [0.05, 0.1) is 6.20 Å². The molecule has 1 aliphatic rings. The van der Waals surface area contributed by atoms with E-state index >= 15 is 0 Å². The predicted molar refractivity (Wildman–Crippen MR) is 121 cm³/mol. The third-order valence-corrected chi connectivity index (χ3v) is 5.80. The first-order chi connectivity index (χ1) is 15.0. The van der Waals surface area contributed by atoms with Crippen LogP contribution in [0.3, 0.4) is 0 Å². The second-order valence-corrected chi connectivity index (χ2v) is 8.25. The standard InChI is InChI=1S/C24H30N4O3/c1-18(29)28-9-3-8-27(10-11-28)16-23(30)17-31-24-7-6-19-4-5-20(12-21(19)13-24)22-14-25-26(2)15-22/h4-7,12-15,23,30H,3,8-11,16-17H2,1-2H3. The summed E-state index contributed by atoms with van der Waals surface area (Å²) in [5.41, 5.74) is 2.19. The van der Waals surface area contributed by atoms with Crippen LogP contribution < -0.4 is 4.74 Å². The number of nitrogens with zero attached hydrogens (tertiary/aromatic N) is 4. The van der Waals surface area contributed by atoms with Gasteiger partial charge in [-0.2, -0.15) is 5.10 Å². The molecule has 1 saturated heterocycles.